The average Bonchev–Trinajstić information content (AvgIpc) is 2.76. The Hall–Kier alpha value is -1.20. The molecule has 178 valence electrons. The molecule has 0 bridgehead atoms. The van der Waals surface area contributed by atoms with Crippen LogP contribution in [-0.2, 0) is 42.6 Å². The fraction of sp³-hybridized carbons (Fsp3) is 0.810. The summed E-state index contributed by atoms with van der Waals surface area (Å²) in [6.45, 7) is 13.9. The van der Waals surface area contributed by atoms with E-state index in [2.05, 4.69) is 6.58 Å². The highest BCUT2D eigenvalue weighted by atomic mass is 16.6. The number of hydrogen-bond donors (Lipinski definition) is 0. The van der Waals surface area contributed by atoms with E-state index in [1.807, 2.05) is 13.0 Å². The van der Waals surface area contributed by atoms with E-state index in [1.165, 1.54) is 6.26 Å². The lowest BCUT2D eigenvalue weighted by molar-refractivity contribution is -0.0226. The van der Waals surface area contributed by atoms with E-state index in [0.29, 0.717) is 106 Å². The first-order valence-electron chi connectivity index (χ1n) is 10.4. The van der Waals surface area contributed by atoms with Crippen LogP contribution in [0.2, 0.25) is 0 Å². The average molecular weight is 437 g/mol. The van der Waals surface area contributed by atoms with Gasteiger partial charge in [0, 0.05) is 0 Å². The number of rotatable bonds is 26. The predicted molar refractivity (Wildman–Crippen MR) is 113 cm³/mol. The molecule has 0 radical (unpaired) electrons. The van der Waals surface area contributed by atoms with E-state index in [1.54, 1.807) is 6.26 Å². The van der Waals surface area contributed by atoms with Crippen LogP contribution in [0.15, 0.2) is 25.2 Å². The Kier molecular flexibility index (Phi) is 26.7. The van der Waals surface area contributed by atoms with Crippen molar-refractivity contribution >= 4 is 0 Å². The van der Waals surface area contributed by atoms with Gasteiger partial charge in [-0.2, -0.15) is 0 Å². The van der Waals surface area contributed by atoms with E-state index in [-0.39, 0.29) is 0 Å². The molecule has 0 saturated heterocycles. The third-order valence-corrected chi connectivity index (χ3v) is 3.27. The van der Waals surface area contributed by atoms with Crippen molar-refractivity contribution in [3.63, 3.8) is 0 Å². The molecule has 0 heterocycles. The van der Waals surface area contributed by atoms with E-state index in [9.17, 15) is 0 Å². The molecule has 9 nitrogen and oxygen atoms in total. The van der Waals surface area contributed by atoms with Gasteiger partial charge in [-0.05, 0) is 6.92 Å². The van der Waals surface area contributed by atoms with Crippen LogP contribution in [0.5, 0.6) is 0 Å². The van der Waals surface area contributed by atoms with Gasteiger partial charge in [-0.15, -0.1) is 0 Å². The summed E-state index contributed by atoms with van der Waals surface area (Å²) in [5, 5.41) is 0. The molecular formula is C21H40O9. The normalized spacial score (nSPS) is 11.2. The highest BCUT2D eigenvalue weighted by Crippen LogP contribution is 1.86. The molecule has 0 aliphatic heterocycles. The van der Waals surface area contributed by atoms with E-state index >= 15 is 0 Å². The smallest absolute Gasteiger partial charge is 0.111 e. The van der Waals surface area contributed by atoms with E-state index in [4.69, 9.17) is 42.6 Å². The molecule has 0 atom stereocenters. The molecule has 0 rings (SSSR count). The van der Waals surface area contributed by atoms with Crippen LogP contribution < -0.4 is 0 Å². The van der Waals surface area contributed by atoms with Crippen LogP contribution in [0.4, 0.5) is 0 Å². The van der Waals surface area contributed by atoms with Gasteiger partial charge < -0.3 is 42.6 Å². The first-order chi connectivity index (χ1) is 14.9. The quantitative estimate of drug-likeness (QED) is 0.149. The maximum Gasteiger partial charge on any atom is 0.111 e. The lowest BCUT2D eigenvalue weighted by Crippen LogP contribution is -2.15. The number of ether oxygens (including phenoxy) is 9. The Labute approximate surface area is 181 Å². The molecule has 0 aromatic heterocycles. The molecule has 0 unspecified atom stereocenters. The molecule has 0 N–H and O–H groups in total. The van der Waals surface area contributed by atoms with Crippen molar-refractivity contribution in [2.45, 2.75) is 6.92 Å². The van der Waals surface area contributed by atoms with Crippen LogP contribution in [-0.4, -0.2) is 106 Å². The molecule has 0 spiro atoms. The van der Waals surface area contributed by atoms with Gasteiger partial charge in [-0.3, -0.25) is 0 Å². The van der Waals surface area contributed by atoms with Crippen LogP contribution in [0, 0.1) is 0 Å². The van der Waals surface area contributed by atoms with Gasteiger partial charge in [-0.1, -0.05) is 12.7 Å². The molecule has 0 aliphatic rings. The summed E-state index contributed by atoms with van der Waals surface area (Å²) in [4.78, 5) is 0. The van der Waals surface area contributed by atoms with Crippen molar-refractivity contribution in [3.8, 4) is 0 Å². The highest BCUT2D eigenvalue weighted by Gasteiger charge is 1.94. The summed E-state index contributed by atoms with van der Waals surface area (Å²) in [7, 11) is 0. The molecule has 0 fully saturated rings. The SMILES string of the molecule is C=COCCOCCOCCOCCOCCOCCOCCOCCOC=CC. The van der Waals surface area contributed by atoms with E-state index in [0.717, 1.165) is 0 Å². The minimum atomic E-state index is 0.509. The largest absolute Gasteiger partial charge is 0.499 e. The Bertz CT molecular complexity index is 353. The fourth-order valence-electron chi connectivity index (χ4n) is 1.88. The highest BCUT2D eigenvalue weighted by molar-refractivity contribution is 4.64. The molecule has 0 aromatic rings. The van der Waals surface area contributed by atoms with Crippen molar-refractivity contribution in [3.05, 3.63) is 25.2 Å². The van der Waals surface area contributed by atoms with Gasteiger partial charge in [0.2, 0.25) is 0 Å². The number of allylic oxidation sites excluding steroid dienone is 1. The first kappa shape index (κ1) is 28.8. The maximum absolute atomic E-state index is 5.42. The molecule has 0 saturated carbocycles. The second kappa shape index (κ2) is 27.8. The van der Waals surface area contributed by atoms with Crippen molar-refractivity contribution in [2.24, 2.45) is 0 Å². The van der Waals surface area contributed by atoms with Gasteiger partial charge in [0.15, 0.2) is 0 Å². The standard InChI is InChI=1S/C21H40O9/c1-3-5-23-8-9-25-12-13-27-16-17-29-20-21-30-19-18-28-15-14-26-11-10-24-7-6-22-4-2/h3-5H,2,6-21H2,1H3. The minimum Gasteiger partial charge on any atom is -0.499 e. The van der Waals surface area contributed by atoms with Gasteiger partial charge in [0.05, 0.1) is 105 Å². The van der Waals surface area contributed by atoms with E-state index < -0.39 is 0 Å². The molecular weight excluding hydrogens is 396 g/mol. The van der Waals surface area contributed by atoms with Crippen molar-refractivity contribution in [1.82, 2.24) is 0 Å². The van der Waals surface area contributed by atoms with Crippen molar-refractivity contribution < 1.29 is 42.6 Å². The summed E-state index contributed by atoms with van der Waals surface area (Å²) in [6, 6.07) is 0. The zero-order valence-corrected chi connectivity index (χ0v) is 18.4. The second-order valence-corrected chi connectivity index (χ2v) is 5.66. The maximum atomic E-state index is 5.42. The summed E-state index contributed by atoms with van der Waals surface area (Å²) in [6.07, 6.45) is 4.88. The molecule has 9 heteroatoms. The van der Waals surface area contributed by atoms with Gasteiger partial charge >= 0.3 is 0 Å². The monoisotopic (exact) mass is 436 g/mol. The minimum absolute atomic E-state index is 0.509. The zero-order chi connectivity index (χ0) is 21.8. The van der Waals surface area contributed by atoms with Crippen LogP contribution >= 0.6 is 0 Å². The summed E-state index contributed by atoms with van der Waals surface area (Å²) in [5.41, 5.74) is 0. The first-order valence-corrected chi connectivity index (χ1v) is 10.4. The zero-order valence-electron chi connectivity index (χ0n) is 18.4. The van der Waals surface area contributed by atoms with Gasteiger partial charge in [0.25, 0.3) is 0 Å². The van der Waals surface area contributed by atoms with Gasteiger partial charge in [0.1, 0.15) is 13.2 Å². The lowest BCUT2D eigenvalue weighted by atomic mass is 10.6. The second-order valence-electron chi connectivity index (χ2n) is 5.66. The Morgan fingerprint density at radius 2 is 0.700 bits per heavy atom. The fourth-order valence-corrected chi connectivity index (χ4v) is 1.88. The van der Waals surface area contributed by atoms with Crippen LogP contribution in [0.25, 0.3) is 0 Å². The van der Waals surface area contributed by atoms with Crippen molar-refractivity contribution in [2.75, 3.05) is 106 Å². The predicted octanol–water partition coefficient (Wildman–Crippen LogP) is 1.81. The van der Waals surface area contributed by atoms with Crippen LogP contribution in [0.3, 0.4) is 0 Å². The molecule has 0 amide bonds. The summed E-state index contributed by atoms with van der Waals surface area (Å²) in [5.74, 6) is 0. The lowest BCUT2D eigenvalue weighted by Gasteiger charge is -2.08. The third-order valence-electron chi connectivity index (χ3n) is 3.27. The Balaban J connectivity index is 2.99. The molecule has 0 aliphatic carbocycles. The molecule has 30 heavy (non-hydrogen) atoms. The Morgan fingerprint density at radius 1 is 0.433 bits per heavy atom. The third kappa shape index (κ3) is 26.8. The van der Waals surface area contributed by atoms with Crippen LogP contribution in [0.1, 0.15) is 6.92 Å². The summed E-state index contributed by atoms with van der Waals surface area (Å²) >= 11 is 0. The summed E-state index contributed by atoms with van der Waals surface area (Å²) < 4.78 is 47.7. The Morgan fingerprint density at radius 3 is 0.967 bits per heavy atom. The van der Waals surface area contributed by atoms with Gasteiger partial charge in [-0.25, -0.2) is 0 Å². The topological polar surface area (TPSA) is 83.1 Å². The number of hydrogen-bond acceptors (Lipinski definition) is 9. The van der Waals surface area contributed by atoms with Crippen molar-refractivity contribution in [1.29, 1.82) is 0 Å². The molecule has 0 aromatic carbocycles.